The van der Waals surface area contributed by atoms with Crippen molar-refractivity contribution in [2.45, 2.75) is 13.3 Å². The SMILES string of the molecule is CCc1ccccc1OCC(=O)Oc1ccccc1. The van der Waals surface area contributed by atoms with Crippen molar-refractivity contribution < 1.29 is 14.3 Å². The summed E-state index contributed by atoms with van der Waals surface area (Å²) < 4.78 is 10.6. The standard InChI is InChI=1S/C16H16O3/c1-2-13-8-6-7-11-15(13)18-12-16(17)19-14-9-4-3-5-10-14/h3-11H,2,12H2,1H3. The molecule has 2 aromatic carbocycles. The van der Waals surface area contributed by atoms with Gasteiger partial charge in [-0.1, -0.05) is 43.3 Å². The van der Waals surface area contributed by atoms with Crippen LogP contribution in [0, 0.1) is 0 Å². The minimum atomic E-state index is -0.405. The molecule has 0 saturated heterocycles. The second kappa shape index (κ2) is 6.59. The fourth-order valence-electron chi connectivity index (χ4n) is 1.72. The first kappa shape index (κ1) is 13.1. The zero-order valence-electron chi connectivity index (χ0n) is 10.8. The van der Waals surface area contributed by atoms with Crippen molar-refractivity contribution in [3.05, 3.63) is 60.2 Å². The maximum atomic E-state index is 11.6. The number of carbonyl (C=O) groups excluding carboxylic acids is 1. The van der Waals surface area contributed by atoms with Gasteiger partial charge in [0, 0.05) is 0 Å². The molecule has 0 amide bonds. The van der Waals surface area contributed by atoms with Crippen LogP contribution in [0.25, 0.3) is 0 Å². The Morgan fingerprint density at radius 1 is 1.00 bits per heavy atom. The topological polar surface area (TPSA) is 35.5 Å². The molecule has 98 valence electrons. The van der Waals surface area contributed by atoms with Gasteiger partial charge in [-0.25, -0.2) is 4.79 Å². The smallest absolute Gasteiger partial charge is 0.349 e. The van der Waals surface area contributed by atoms with E-state index in [1.807, 2.05) is 49.4 Å². The van der Waals surface area contributed by atoms with Crippen molar-refractivity contribution in [3.8, 4) is 11.5 Å². The van der Waals surface area contributed by atoms with Crippen molar-refractivity contribution >= 4 is 5.97 Å². The fourth-order valence-corrected chi connectivity index (χ4v) is 1.72. The molecule has 2 rings (SSSR count). The molecule has 0 aliphatic heterocycles. The van der Waals surface area contributed by atoms with E-state index in [4.69, 9.17) is 9.47 Å². The molecule has 0 aliphatic rings. The molecule has 0 N–H and O–H groups in total. The molecular formula is C16H16O3. The molecule has 0 unspecified atom stereocenters. The maximum absolute atomic E-state index is 11.6. The van der Waals surface area contributed by atoms with E-state index in [1.165, 1.54) is 0 Å². The summed E-state index contributed by atoms with van der Waals surface area (Å²) in [5.74, 6) is 0.854. The number of benzene rings is 2. The molecule has 0 aliphatic carbocycles. The monoisotopic (exact) mass is 256 g/mol. The van der Waals surface area contributed by atoms with Crippen molar-refractivity contribution in [2.75, 3.05) is 6.61 Å². The number of aryl methyl sites for hydroxylation is 1. The third kappa shape index (κ3) is 3.85. The number of para-hydroxylation sites is 2. The summed E-state index contributed by atoms with van der Waals surface area (Å²) in [6.45, 7) is 1.95. The maximum Gasteiger partial charge on any atom is 0.349 e. The van der Waals surface area contributed by atoms with E-state index < -0.39 is 5.97 Å². The minimum absolute atomic E-state index is 0.0914. The lowest BCUT2D eigenvalue weighted by atomic mass is 10.1. The van der Waals surface area contributed by atoms with Gasteiger partial charge in [0.25, 0.3) is 0 Å². The Morgan fingerprint density at radius 3 is 2.42 bits per heavy atom. The van der Waals surface area contributed by atoms with E-state index in [-0.39, 0.29) is 6.61 Å². The molecule has 0 radical (unpaired) electrons. The molecule has 0 aromatic heterocycles. The van der Waals surface area contributed by atoms with Gasteiger partial charge in [-0.2, -0.15) is 0 Å². The van der Waals surface area contributed by atoms with Crippen LogP contribution in [0.3, 0.4) is 0 Å². The number of hydrogen-bond donors (Lipinski definition) is 0. The van der Waals surface area contributed by atoms with Crippen molar-refractivity contribution in [1.29, 1.82) is 0 Å². The molecular weight excluding hydrogens is 240 g/mol. The largest absolute Gasteiger partial charge is 0.482 e. The van der Waals surface area contributed by atoms with Crippen LogP contribution in [0.2, 0.25) is 0 Å². The van der Waals surface area contributed by atoms with E-state index in [1.54, 1.807) is 12.1 Å². The molecule has 0 fully saturated rings. The zero-order valence-corrected chi connectivity index (χ0v) is 10.8. The summed E-state index contributed by atoms with van der Waals surface area (Å²) in [7, 11) is 0. The Morgan fingerprint density at radius 2 is 1.68 bits per heavy atom. The number of ether oxygens (including phenoxy) is 2. The molecule has 19 heavy (non-hydrogen) atoms. The first-order valence-corrected chi connectivity index (χ1v) is 6.26. The predicted octanol–water partition coefficient (Wildman–Crippen LogP) is 3.23. The van der Waals surface area contributed by atoms with Gasteiger partial charge in [0.2, 0.25) is 0 Å². The second-order valence-electron chi connectivity index (χ2n) is 4.04. The van der Waals surface area contributed by atoms with E-state index in [0.29, 0.717) is 5.75 Å². The van der Waals surface area contributed by atoms with Crippen LogP contribution in [0.5, 0.6) is 11.5 Å². The van der Waals surface area contributed by atoms with Gasteiger partial charge < -0.3 is 9.47 Å². The summed E-state index contributed by atoms with van der Waals surface area (Å²) >= 11 is 0. The zero-order chi connectivity index (χ0) is 13.5. The lowest BCUT2D eigenvalue weighted by Crippen LogP contribution is -2.18. The highest BCUT2D eigenvalue weighted by atomic mass is 16.6. The summed E-state index contributed by atoms with van der Waals surface area (Å²) in [5, 5.41) is 0. The van der Waals surface area contributed by atoms with E-state index in [0.717, 1.165) is 17.7 Å². The molecule has 3 nitrogen and oxygen atoms in total. The number of hydrogen-bond acceptors (Lipinski definition) is 3. The lowest BCUT2D eigenvalue weighted by Gasteiger charge is -2.09. The fraction of sp³-hybridized carbons (Fsp3) is 0.188. The first-order valence-electron chi connectivity index (χ1n) is 6.26. The van der Waals surface area contributed by atoms with Crippen LogP contribution < -0.4 is 9.47 Å². The van der Waals surface area contributed by atoms with Gasteiger partial charge in [-0.3, -0.25) is 0 Å². The van der Waals surface area contributed by atoms with Crippen LogP contribution >= 0.6 is 0 Å². The van der Waals surface area contributed by atoms with Gasteiger partial charge in [0.15, 0.2) is 6.61 Å². The van der Waals surface area contributed by atoms with Crippen molar-refractivity contribution in [3.63, 3.8) is 0 Å². The summed E-state index contributed by atoms with van der Waals surface area (Å²) in [6.07, 6.45) is 0.865. The lowest BCUT2D eigenvalue weighted by molar-refractivity contribution is -0.136. The summed E-state index contributed by atoms with van der Waals surface area (Å²) in [4.78, 5) is 11.6. The van der Waals surface area contributed by atoms with Crippen molar-refractivity contribution in [1.82, 2.24) is 0 Å². The normalized spacial score (nSPS) is 9.95. The Labute approximate surface area is 112 Å². The summed E-state index contributed by atoms with van der Waals surface area (Å²) in [5.41, 5.74) is 1.08. The molecule has 0 heterocycles. The highest BCUT2D eigenvalue weighted by molar-refractivity contribution is 5.73. The minimum Gasteiger partial charge on any atom is -0.482 e. The Bertz CT molecular complexity index is 535. The first-order chi connectivity index (χ1) is 9.29. The van der Waals surface area contributed by atoms with Crippen LogP contribution in [0.4, 0.5) is 0 Å². The van der Waals surface area contributed by atoms with Crippen LogP contribution in [-0.4, -0.2) is 12.6 Å². The van der Waals surface area contributed by atoms with E-state index in [9.17, 15) is 4.79 Å². The van der Waals surface area contributed by atoms with Gasteiger partial charge >= 0.3 is 5.97 Å². The molecule has 0 bridgehead atoms. The third-order valence-electron chi connectivity index (χ3n) is 2.67. The van der Waals surface area contributed by atoms with Crippen molar-refractivity contribution in [2.24, 2.45) is 0 Å². The number of carbonyl (C=O) groups is 1. The van der Waals surface area contributed by atoms with Gasteiger partial charge in [0.1, 0.15) is 11.5 Å². The van der Waals surface area contributed by atoms with Crippen LogP contribution in [-0.2, 0) is 11.2 Å². The highest BCUT2D eigenvalue weighted by Gasteiger charge is 2.07. The predicted molar refractivity (Wildman–Crippen MR) is 73.4 cm³/mol. The Kier molecular flexibility index (Phi) is 4.56. The van der Waals surface area contributed by atoms with E-state index in [2.05, 4.69) is 0 Å². The summed E-state index contributed by atoms with van der Waals surface area (Å²) in [6, 6.07) is 16.6. The molecule has 0 saturated carbocycles. The number of rotatable bonds is 5. The highest BCUT2D eigenvalue weighted by Crippen LogP contribution is 2.18. The van der Waals surface area contributed by atoms with Crippen LogP contribution in [0.1, 0.15) is 12.5 Å². The number of esters is 1. The molecule has 0 spiro atoms. The van der Waals surface area contributed by atoms with Gasteiger partial charge in [-0.15, -0.1) is 0 Å². The van der Waals surface area contributed by atoms with Gasteiger partial charge in [0.05, 0.1) is 0 Å². The third-order valence-corrected chi connectivity index (χ3v) is 2.67. The Balaban J connectivity index is 1.90. The van der Waals surface area contributed by atoms with Crippen LogP contribution in [0.15, 0.2) is 54.6 Å². The molecule has 0 atom stereocenters. The Hall–Kier alpha value is -2.29. The average molecular weight is 256 g/mol. The second-order valence-corrected chi connectivity index (χ2v) is 4.04. The van der Waals surface area contributed by atoms with E-state index >= 15 is 0 Å². The average Bonchev–Trinajstić information content (AvgIpc) is 2.46. The molecule has 2 aromatic rings. The molecule has 3 heteroatoms. The quantitative estimate of drug-likeness (QED) is 0.608. The van der Waals surface area contributed by atoms with Gasteiger partial charge in [-0.05, 0) is 30.2 Å².